The molecule has 0 aromatic carbocycles. The zero-order chi connectivity index (χ0) is 10.1. The van der Waals surface area contributed by atoms with E-state index in [1.54, 1.807) is 0 Å². The predicted molar refractivity (Wildman–Crippen MR) is 57.4 cm³/mol. The van der Waals surface area contributed by atoms with E-state index in [0.29, 0.717) is 11.1 Å². The van der Waals surface area contributed by atoms with Crippen LogP contribution in [0.3, 0.4) is 0 Å². The SMILES string of the molecule is CC(C)Cn1ccc2c(Cl)ncnc21. The summed E-state index contributed by atoms with van der Waals surface area (Å²) in [5.74, 6) is 0.597. The van der Waals surface area contributed by atoms with Crippen molar-refractivity contribution in [3.05, 3.63) is 23.7 Å². The number of nitrogens with zero attached hydrogens (tertiary/aromatic N) is 3. The second-order valence-corrected chi connectivity index (χ2v) is 4.12. The molecule has 0 amide bonds. The van der Waals surface area contributed by atoms with Crippen molar-refractivity contribution < 1.29 is 0 Å². The Labute approximate surface area is 87.7 Å². The molecule has 2 rings (SSSR count). The van der Waals surface area contributed by atoms with Crippen LogP contribution in [0.2, 0.25) is 5.15 Å². The van der Waals surface area contributed by atoms with Crippen LogP contribution in [0.25, 0.3) is 11.0 Å². The second-order valence-electron chi connectivity index (χ2n) is 3.76. The maximum absolute atomic E-state index is 5.94. The van der Waals surface area contributed by atoms with E-state index in [1.807, 2.05) is 12.3 Å². The zero-order valence-electron chi connectivity index (χ0n) is 8.24. The van der Waals surface area contributed by atoms with Gasteiger partial charge in [-0.15, -0.1) is 0 Å². The second kappa shape index (κ2) is 3.58. The van der Waals surface area contributed by atoms with Gasteiger partial charge in [-0.25, -0.2) is 9.97 Å². The number of hydrogen-bond acceptors (Lipinski definition) is 2. The molecule has 0 fully saturated rings. The highest BCUT2D eigenvalue weighted by Gasteiger charge is 2.06. The predicted octanol–water partition coefficient (Wildman–Crippen LogP) is 2.74. The van der Waals surface area contributed by atoms with E-state index in [2.05, 4.69) is 28.4 Å². The number of aromatic nitrogens is 3. The number of hydrogen-bond donors (Lipinski definition) is 0. The van der Waals surface area contributed by atoms with Gasteiger partial charge in [0.15, 0.2) is 0 Å². The van der Waals surface area contributed by atoms with E-state index in [0.717, 1.165) is 17.6 Å². The standard InChI is InChI=1S/C10H12ClN3/c1-7(2)5-14-4-3-8-9(11)12-6-13-10(8)14/h3-4,6-7H,5H2,1-2H3. The van der Waals surface area contributed by atoms with Gasteiger partial charge in [-0.05, 0) is 12.0 Å². The van der Waals surface area contributed by atoms with Gasteiger partial charge >= 0.3 is 0 Å². The Bertz CT molecular complexity index is 448. The van der Waals surface area contributed by atoms with Crippen molar-refractivity contribution in [1.29, 1.82) is 0 Å². The summed E-state index contributed by atoms with van der Waals surface area (Å²) in [5, 5.41) is 1.45. The maximum Gasteiger partial charge on any atom is 0.144 e. The molecule has 0 aliphatic rings. The first-order valence-electron chi connectivity index (χ1n) is 4.64. The highest BCUT2D eigenvalue weighted by atomic mass is 35.5. The summed E-state index contributed by atoms with van der Waals surface area (Å²) < 4.78 is 2.10. The van der Waals surface area contributed by atoms with Crippen LogP contribution in [0.5, 0.6) is 0 Å². The fraction of sp³-hybridized carbons (Fsp3) is 0.400. The fourth-order valence-electron chi connectivity index (χ4n) is 1.51. The van der Waals surface area contributed by atoms with Gasteiger partial charge < -0.3 is 4.57 Å². The quantitative estimate of drug-likeness (QED) is 0.713. The average Bonchev–Trinajstić information content (AvgIpc) is 2.49. The molecule has 3 nitrogen and oxygen atoms in total. The van der Waals surface area contributed by atoms with Gasteiger partial charge in [0.1, 0.15) is 17.1 Å². The van der Waals surface area contributed by atoms with Crippen LogP contribution >= 0.6 is 11.6 Å². The summed E-state index contributed by atoms with van der Waals surface area (Å²) in [7, 11) is 0. The lowest BCUT2D eigenvalue weighted by Crippen LogP contribution is -2.03. The molecule has 0 aliphatic heterocycles. The Morgan fingerprint density at radius 1 is 1.43 bits per heavy atom. The minimum absolute atomic E-state index is 0.525. The van der Waals surface area contributed by atoms with Gasteiger partial charge in [-0.1, -0.05) is 25.4 Å². The fourth-order valence-corrected chi connectivity index (χ4v) is 1.70. The van der Waals surface area contributed by atoms with Gasteiger partial charge in [0, 0.05) is 12.7 Å². The summed E-state index contributed by atoms with van der Waals surface area (Å²) >= 11 is 5.94. The van der Waals surface area contributed by atoms with Gasteiger partial charge in [-0.3, -0.25) is 0 Å². The van der Waals surface area contributed by atoms with E-state index in [-0.39, 0.29) is 0 Å². The number of halogens is 1. The first-order chi connectivity index (χ1) is 6.68. The minimum Gasteiger partial charge on any atom is -0.332 e. The molecule has 14 heavy (non-hydrogen) atoms. The van der Waals surface area contributed by atoms with Crippen molar-refractivity contribution in [3.63, 3.8) is 0 Å². The third-order valence-corrected chi connectivity index (χ3v) is 2.37. The zero-order valence-corrected chi connectivity index (χ0v) is 8.99. The summed E-state index contributed by atoms with van der Waals surface area (Å²) in [6, 6.07) is 1.96. The molecule has 0 saturated carbocycles. The van der Waals surface area contributed by atoms with Crippen LogP contribution in [0.4, 0.5) is 0 Å². The minimum atomic E-state index is 0.525. The molecule has 2 heterocycles. The summed E-state index contributed by atoms with van der Waals surface area (Å²) in [4.78, 5) is 8.16. The molecule has 74 valence electrons. The van der Waals surface area contributed by atoms with Crippen molar-refractivity contribution >= 4 is 22.6 Å². The molecule has 0 bridgehead atoms. The molecular formula is C10H12ClN3. The summed E-state index contributed by atoms with van der Waals surface area (Å²) in [5.41, 5.74) is 0.915. The largest absolute Gasteiger partial charge is 0.332 e. The average molecular weight is 210 g/mol. The highest BCUT2D eigenvalue weighted by molar-refractivity contribution is 6.33. The van der Waals surface area contributed by atoms with Gasteiger partial charge in [0.2, 0.25) is 0 Å². The highest BCUT2D eigenvalue weighted by Crippen LogP contribution is 2.20. The van der Waals surface area contributed by atoms with E-state index in [1.165, 1.54) is 6.33 Å². The van der Waals surface area contributed by atoms with E-state index in [4.69, 9.17) is 11.6 Å². The molecule has 0 spiro atoms. The van der Waals surface area contributed by atoms with Crippen LogP contribution in [0, 0.1) is 5.92 Å². The third-order valence-electron chi connectivity index (χ3n) is 2.07. The first-order valence-corrected chi connectivity index (χ1v) is 5.01. The molecule has 0 N–H and O–H groups in total. The Morgan fingerprint density at radius 2 is 2.21 bits per heavy atom. The molecule has 0 unspecified atom stereocenters. The Morgan fingerprint density at radius 3 is 2.93 bits per heavy atom. The van der Waals surface area contributed by atoms with Crippen LogP contribution < -0.4 is 0 Å². The molecule has 0 aliphatic carbocycles. The van der Waals surface area contributed by atoms with E-state index >= 15 is 0 Å². The smallest absolute Gasteiger partial charge is 0.144 e. The topological polar surface area (TPSA) is 30.7 Å². The van der Waals surface area contributed by atoms with E-state index < -0.39 is 0 Å². The number of rotatable bonds is 2. The van der Waals surface area contributed by atoms with Crippen molar-refractivity contribution in [3.8, 4) is 0 Å². The van der Waals surface area contributed by atoms with Crippen molar-refractivity contribution in [2.24, 2.45) is 5.92 Å². The monoisotopic (exact) mass is 209 g/mol. The molecule has 2 aromatic rings. The molecule has 0 atom stereocenters. The van der Waals surface area contributed by atoms with Gasteiger partial charge in [-0.2, -0.15) is 0 Å². The maximum atomic E-state index is 5.94. The summed E-state index contributed by atoms with van der Waals surface area (Å²) in [6.45, 7) is 5.31. The van der Waals surface area contributed by atoms with Crippen LogP contribution in [0.15, 0.2) is 18.6 Å². The lowest BCUT2D eigenvalue weighted by molar-refractivity contribution is 0.533. The Balaban J connectivity index is 2.52. The van der Waals surface area contributed by atoms with Crippen LogP contribution in [-0.2, 0) is 6.54 Å². The molecule has 0 saturated heterocycles. The summed E-state index contributed by atoms with van der Waals surface area (Å²) in [6.07, 6.45) is 3.51. The van der Waals surface area contributed by atoms with Crippen LogP contribution in [0.1, 0.15) is 13.8 Å². The van der Waals surface area contributed by atoms with Gasteiger partial charge in [0.25, 0.3) is 0 Å². The normalized spacial score (nSPS) is 11.4. The Hall–Kier alpha value is -1.09. The van der Waals surface area contributed by atoms with E-state index in [9.17, 15) is 0 Å². The third kappa shape index (κ3) is 1.60. The Kier molecular flexibility index (Phi) is 2.42. The molecule has 0 radical (unpaired) electrons. The van der Waals surface area contributed by atoms with Crippen molar-refractivity contribution in [2.75, 3.05) is 0 Å². The lowest BCUT2D eigenvalue weighted by atomic mass is 10.2. The van der Waals surface area contributed by atoms with Gasteiger partial charge in [0.05, 0.1) is 5.39 Å². The molecular weight excluding hydrogens is 198 g/mol. The molecule has 2 aromatic heterocycles. The lowest BCUT2D eigenvalue weighted by Gasteiger charge is -2.06. The van der Waals surface area contributed by atoms with Crippen LogP contribution in [-0.4, -0.2) is 14.5 Å². The number of fused-ring (bicyclic) bond motifs is 1. The van der Waals surface area contributed by atoms with Crippen molar-refractivity contribution in [2.45, 2.75) is 20.4 Å². The molecule has 4 heteroatoms. The first kappa shape index (κ1) is 9.46. The van der Waals surface area contributed by atoms with Crippen molar-refractivity contribution in [1.82, 2.24) is 14.5 Å².